The molecule has 2 N–H and O–H groups in total. The Kier molecular flexibility index (Phi) is 8.18. The minimum Gasteiger partial charge on any atom is -0.356 e. The molecule has 0 spiro atoms. The number of nitrogens with one attached hydrogen (secondary N) is 2. The number of hydrogen-bond acceptors (Lipinski definition) is 7. The first-order valence-electron chi connectivity index (χ1n) is 10.3. The highest BCUT2D eigenvalue weighted by Gasteiger charge is 2.18. The van der Waals surface area contributed by atoms with Gasteiger partial charge in [-0.05, 0) is 32.9 Å². The second kappa shape index (κ2) is 11.1. The molecule has 3 heterocycles. The fraction of sp³-hybridized carbons (Fsp3) is 0.600. The lowest BCUT2D eigenvalue weighted by molar-refractivity contribution is 0.254. The fourth-order valence-electron chi connectivity index (χ4n) is 3.29. The van der Waals surface area contributed by atoms with Gasteiger partial charge in [-0.1, -0.05) is 0 Å². The molecule has 0 amide bonds. The minimum atomic E-state index is 0.840. The van der Waals surface area contributed by atoms with E-state index in [4.69, 9.17) is 0 Å². The molecule has 0 bridgehead atoms. The van der Waals surface area contributed by atoms with E-state index in [2.05, 4.69) is 54.2 Å². The van der Waals surface area contributed by atoms with Crippen LogP contribution < -0.4 is 15.5 Å². The Hall–Kier alpha value is -2.26. The van der Waals surface area contributed by atoms with Crippen LogP contribution in [-0.2, 0) is 6.42 Å². The van der Waals surface area contributed by atoms with Crippen molar-refractivity contribution in [1.82, 2.24) is 30.5 Å². The van der Waals surface area contributed by atoms with Crippen molar-refractivity contribution in [3.8, 4) is 0 Å². The molecule has 0 unspecified atom stereocenters. The molecule has 2 aromatic rings. The lowest BCUT2D eigenvalue weighted by atomic mass is 10.3. The van der Waals surface area contributed by atoms with E-state index in [1.165, 1.54) is 9.88 Å². The zero-order chi connectivity index (χ0) is 20.5. The third-order valence-corrected chi connectivity index (χ3v) is 6.21. The molecule has 0 radical (unpaired) electrons. The van der Waals surface area contributed by atoms with Gasteiger partial charge in [0.15, 0.2) is 5.96 Å². The van der Waals surface area contributed by atoms with E-state index in [0.717, 1.165) is 76.3 Å². The van der Waals surface area contributed by atoms with E-state index < -0.39 is 0 Å². The van der Waals surface area contributed by atoms with Crippen LogP contribution in [0, 0.1) is 13.8 Å². The molecule has 29 heavy (non-hydrogen) atoms. The summed E-state index contributed by atoms with van der Waals surface area (Å²) in [6.07, 6.45) is 5.63. The lowest BCUT2D eigenvalue weighted by Gasteiger charge is -2.34. The van der Waals surface area contributed by atoms with Gasteiger partial charge in [-0.15, -0.1) is 11.3 Å². The number of aromatic nitrogens is 3. The highest BCUT2D eigenvalue weighted by atomic mass is 32.1. The Balaban J connectivity index is 1.27. The third-order valence-electron chi connectivity index (χ3n) is 5.08. The van der Waals surface area contributed by atoms with Gasteiger partial charge >= 0.3 is 0 Å². The topological polar surface area (TPSA) is 81.6 Å². The summed E-state index contributed by atoms with van der Waals surface area (Å²) in [6, 6.07) is 1.86. The predicted octanol–water partition coefficient (Wildman–Crippen LogP) is 1.47. The number of aliphatic imine (C=N–C) groups is 1. The van der Waals surface area contributed by atoms with Gasteiger partial charge in [-0.25, -0.2) is 15.0 Å². The summed E-state index contributed by atoms with van der Waals surface area (Å²) in [7, 11) is 1.82. The molecule has 3 rings (SSSR count). The van der Waals surface area contributed by atoms with E-state index in [9.17, 15) is 0 Å². The van der Waals surface area contributed by atoms with Gasteiger partial charge in [0.2, 0.25) is 5.95 Å². The Morgan fingerprint density at radius 1 is 1.10 bits per heavy atom. The van der Waals surface area contributed by atoms with Gasteiger partial charge in [0.1, 0.15) is 0 Å². The molecular formula is C20H32N8S. The molecule has 0 aliphatic carbocycles. The average molecular weight is 417 g/mol. The molecule has 0 saturated carbocycles. The maximum atomic E-state index is 4.59. The fourth-order valence-corrected chi connectivity index (χ4v) is 4.22. The van der Waals surface area contributed by atoms with Gasteiger partial charge in [-0.3, -0.25) is 9.89 Å². The largest absolute Gasteiger partial charge is 0.356 e. The molecule has 0 aromatic carbocycles. The number of anilines is 1. The van der Waals surface area contributed by atoms with E-state index in [-0.39, 0.29) is 0 Å². The SMILES string of the molecule is CN=C(NCCCN1CCN(c2ncccn2)CC1)NCCc1nc(C)c(C)s1. The van der Waals surface area contributed by atoms with Crippen LogP contribution in [0.3, 0.4) is 0 Å². The molecule has 8 nitrogen and oxygen atoms in total. The first kappa shape index (κ1) is 21.4. The van der Waals surface area contributed by atoms with Crippen LogP contribution in [0.5, 0.6) is 0 Å². The van der Waals surface area contributed by atoms with Crippen LogP contribution in [-0.4, -0.2) is 78.7 Å². The van der Waals surface area contributed by atoms with Crippen molar-refractivity contribution >= 4 is 23.2 Å². The van der Waals surface area contributed by atoms with Crippen LogP contribution in [0.25, 0.3) is 0 Å². The van der Waals surface area contributed by atoms with Gasteiger partial charge in [0, 0.05) is 70.0 Å². The quantitative estimate of drug-likeness (QED) is 0.383. The zero-order valence-electron chi connectivity index (χ0n) is 17.7. The van der Waals surface area contributed by atoms with Crippen LogP contribution in [0.4, 0.5) is 5.95 Å². The maximum absolute atomic E-state index is 4.59. The monoisotopic (exact) mass is 416 g/mol. The highest BCUT2D eigenvalue weighted by molar-refractivity contribution is 7.11. The number of piperazine rings is 1. The smallest absolute Gasteiger partial charge is 0.225 e. The van der Waals surface area contributed by atoms with Crippen molar-refractivity contribution in [2.45, 2.75) is 26.7 Å². The first-order valence-corrected chi connectivity index (χ1v) is 11.1. The van der Waals surface area contributed by atoms with Crippen LogP contribution in [0.1, 0.15) is 22.0 Å². The first-order chi connectivity index (χ1) is 14.2. The number of rotatable bonds is 8. The van der Waals surface area contributed by atoms with Crippen LogP contribution in [0.2, 0.25) is 0 Å². The van der Waals surface area contributed by atoms with Crippen molar-refractivity contribution in [3.05, 3.63) is 34.0 Å². The van der Waals surface area contributed by atoms with Gasteiger partial charge in [-0.2, -0.15) is 0 Å². The third kappa shape index (κ3) is 6.64. The van der Waals surface area contributed by atoms with E-state index in [1.54, 1.807) is 23.7 Å². The molecular weight excluding hydrogens is 384 g/mol. The van der Waals surface area contributed by atoms with Crippen molar-refractivity contribution in [2.24, 2.45) is 4.99 Å². The number of hydrogen-bond donors (Lipinski definition) is 2. The second-order valence-corrected chi connectivity index (χ2v) is 8.44. The second-order valence-electron chi connectivity index (χ2n) is 7.16. The summed E-state index contributed by atoms with van der Waals surface area (Å²) in [5.41, 5.74) is 1.14. The molecule has 1 aliphatic heterocycles. The molecule has 0 atom stereocenters. The average Bonchev–Trinajstić information content (AvgIpc) is 3.08. The standard InChI is InChI=1S/C20H32N8S/c1-16-17(2)29-18(26-16)6-10-23-19(21-3)22-9-5-11-27-12-14-28(15-13-27)20-24-7-4-8-25-20/h4,7-8H,5-6,9-15H2,1-3H3,(H2,21,22,23). The maximum Gasteiger partial charge on any atom is 0.225 e. The summed E-state index contributed by atoms with van der Waals surface area (Å²) >= 11 is 1.78. The molecule has 9 heteroatoms. The Morgan fingerprint density at radius 2 is 1.83 bits per heavy atom. The van der Waals surface area contributed by atoms with E-state index in [0.29, 0.717) is 0 Å². The minimum absolute atomic E-state index is 0.840. The number of aryl methyl sites for hydroxylation is 2. The summed E-state index contributed by atoms with van der Waals surface area (Å²) in [5.74, 6) is 1.70. The normalized spacial score (nSPS) is 15.6. The summed E-state index contributed by atoms with van der Waals surface area (Å²) in [6.45, 7) is 11.1. The Bertz CT molecular complexity index is 749. The van der Waals surface area contributed by atoms with Crippen molar-refractivity contribution in [2.75, 3.05) is 57.8 Å². The van der Waals surface area contributed by atoms with Crippen molar-refractivity contribution < 1.29 is 0 Å². The van der Waals surface area contributed by atoms with Gasteiger partial charge < -0.3 is 15.5 Å². The van der Waals surface area contributed by atoms with Crippen LogP contribution >= 0.6 is 11.3 Å². The number of thiazole rings is 1. The van der Waals surface area contributed by atoms with Gasteiger partial charge in [0.25, 0.3) is 0 Å². The van der Waals surface area contributed by atoms with Gasteiger partial charge in [0.05, 0.1) is 10.7 Å². The van der Waals surface area contributed by atoms with Crippen LogP contribution in [0.15, 0.2) is 23.5 Å². The Labute approximate surface area is 177 Å². The predicted molar refractivity (Wildman–Crippen MR) is 120 cm³/mol. The lowest BCUT2D eigenvalue weighted by Crippen LogP contribution is -2.47. The van der Waals surface area contributed by atoms with E-state index >= 15 is 0 Å². The molecule has 158 valence electrons. The molecule has 1 saturated heterocycles. The van der Waals surface area contributed by atoms with Crippen molar-refractivity contribution in [1.29, 1.82) is 0 Å². The van der Waals surface area contributed by atoms with E-state index in [1.807, 2.05) is 13.1 Å². The Morgan fingerprint density at radius 3 is 2.48 bits per heavy atom. The van der Waals surface area contributed by atoms with Crippen molar-refractivity contribution in [3.63, 3.8) is 0 Å². The summed E-state index contributed by atoms with van der Waals surface area (Å²) in [5, 5.41) is 7.98. The molecule has 2 aromatic heterocycles. The zero-order valence-corrected chi connectivity index (χ0v) is 18.5. The number of nitrogens with zero attached hydrogens (tertiary/aromatic N) is 6. The summed E-state index contributed by atoms with van der Waals surface area (Å²) in [4.78, 5) is 23.7. The number of guanidine groups is 1. The summed E-state index contributed by atoms with van der Waals surface area (Å²) < 4.78 is 0. The highest BCUT2D eigenvalue weighted by Crippen LogP contribution is 2.16. The molecule has 1 aliphatic rings. The molecule has 1 fully saturated rings.